The molecule has 0 fully saturated rings. The number of hydrogen-bond acceptors (Lipinski definition) is 5. The number of aryl methyl sites for hydroxylation is 1. The van der Waals surface area contributed by atoms with Crippen molar-refractivity contribution in [3.8, 4) is 0 Å². The molecule has 0 bridgehead atoms. The standard InChI is InChI=1S/C13H12ClNO4S2/c1-8-3-4-9(13(16)19-2)7-10(8)15-21(17,18)12-6-5-11(14)20-12/h3-7,15H,1-2H3. The van der Waals surface area contributed by atoms with E-state index >= 15 is 0 Å². The summed E-state index contributed by atoms with van der Waals surface area (Å²) in [5.74, 6) is -0.533. The van der Waals surface area contributed by atoms with Crippen molar-refractivity contribution < 1.29 is 17.9 Å². The van der Waals surface area contributed by atoms with Crippen LogP contribution in [-0.4, -0.2) is 21.5 Å². The van der Waals surface area contributed by atoms with Gasteiger partial charge in [-0.2, -0.15) is 0 Å². The molecule has 0 aliphatic heterocycles. The summed E-state index contributed by atoms with van der Waals surface area (Å²) in [4.78, 5) is 11.5. The van der Waals surface area contributed by atoms with Gasteiger partial charge >= 0.3 is 5.97 Å². The minimum absolute atomic E-state index is 0.107. The molecule has 1 aromatic carbocycles. The van der Waals surface area contributed by atoms with Crippen molar-refractivity contribution in [2.75, 3.05) is 11.8 Å². The molecule has 1 heterocycles. The average molecular weight is 346 g/mol. The molecule has 0 saturated carbocycles. The van der Waals surface area contributed by atoms with E-state index in [1.54, 1.807) is 19.1 Å². The van der Waals surface area contributed by atoms with Crippen molar-refractivity contribution in [2.24, 2.45) is 0 Å². The van der Waals surface area contributed by atoms with Crippen molar-refractivity contribution >= 4 is 44.6 Å². The third-order valence-electron chi connectivity index (χ3n) is 2.72. The summed E-state index contributed by atoms with van der Waals surface area (Å²) in [6.07, 6.45) is 0. The lowest BCUT2D eigenvalue weighted by molar-refractivity contribution is 0.0601. The Labute approximate surface area is 131 Å². The molecule has 5 nitrogen and oxygen atoms in total. The molecular formula is C13H12ClNO4S2. The molecule has 0 saturated heterocycles. The summed E-state index contributed by atoms with van der Waals surface area (Å²) in [7, 11) is -2.47. The molecule has 0 aliphatic rings. The molecule has 2 aromatic rings. The van der Waals surface area contributed by atoms with Gasteiger partial charge in [0.25, 0.3) is 10.0 Å². The molecule has 1 aromatic heterocycles. The number of anilines is 1. The Morgan fingerprint density at radius 2 is 2.00 bits per heavy atom. The summed E-state index contributed by atoms with van der Waals surface area (Å²) < 4.78 is 32.0. The Morgan fingerprint density at radius 3 is 2.57 bits per heavy atom. The fourth-order valence-electron chi connectivity index (χ4n) is 1.61. The van der Waals surface area contributed by atoms with Crippen LogP contribution in [0.2, 0.25) is 4.34 Å². The van der Waals surface area contributed by atoms with E-state index in [2.05, 4.69) is 9.46 Å². The first-order valence-electron chi connectivity index (χ1n) is 5.80. The van der Waals surface area contributed by atoms with Gasteiger partial charge in [0.15, 0.2) is 0 Å². The highest BCUT2D eigenvalue weighted by atomic mass is 35.5. The first-order chi connectivity index (χ1) is 9.83. The Balaban J connectivity index is 2.37. The van der Waals surface area contributed by atoms with Gasteiger partial charge in [0.2, 0.25) is 0 Å². The number of carbonyl (C=O) groups is 1. The number of nitrogens with one attached hydrogen (secondary N) is 1. The van der Waals surface area contributed by atoms with Gasteiger partial charge in [0.05, 0.1) is 22.7 Å². The largest absolute Gasteiger partial charge is 0.465 e. The Morgan fingerprint density at radius 1 is 1.29 bits per heavy atom. The average Bonchev–Trinajstić information content (AvgIpc) is 2.87. The summed E-state index contributed by atoms with van der Waals surface area (Å²) >= 11 is 6.71. The third kappa shape index (κ3) is 3.55. The minimum Gasteiger partial charge on any atom is -0.465 e. The maximum absolute atomic E-state index is 12.2. The molecule has 1 N–H and O–H groups in total. The monoisotopic (exact) mass is 345 g/mol. The topological polar surface area (TPSA) is 72.5 Å². The molecule has 0 unspecified atom stereocenters. The van der Waals surface area contributed by atoms with E-state index in [-0.39, 0.29) is 9.77 Å². The second-order valence-electron chi connectivity index (χ2n) is 4.19. The molecule has 0 aliphatic carbocycles. The van der Waals surface area contributed by atoms with E-state index in [4.69, 9.17) is 11.6 Å². The van der Waals surface area contributed by atoms with Crippen LogP contribution >= 0.6 is 22.9 Å². The van der Waals surface area contributed by atoms with Crippen LogP contribution in [0.25, 0.3) is 0 Å². The Bertz CT molecular complexity index is 783. The van der Waals surface area contributed by atoms with Crippen LogP contribution in [0.1, 0.15) is 15.9 Å². The molecular weight excluding hydrogens is 334 g/mol. The normalized spacial score (nSPS) is 11.2. The van der Waals surface area contributed by atoms with Gasteiger partial charge in [0, 0.05) is 0 Å². The first-order valence-corrected chi connectivity index (χ1v) is 8.48. The third-order valence-corrected chi connectivity index (χ3v) is 5.80. The first kappa shape index (κ1) is 15.8. The van der Waals surface area contributed by atoms with Gasteiger partial charge in [0.1, 0.15) is 4.21 Å². The summed E-state index contributed by atoms with van der Waals surface area (Å²) in [5, 5.41) is 0. The molecule has 112 valence electrons. The van der Waals surface area contributed by atoms with Crippen LogP contribution in [0.4, 0.5) is 5.69 Å². The van der Waals surface area contributed by atoms with Gasteiger partial charge in [-0.05, 0) is 36.8 Å². The number of ether oxygens (including phenoxy) is 1. The summed E-state index contributed by atoms with van der Waals surface area (Å²) in [6.45, 7) is 1.74. The van der Waals surface area contributed by atoms with E-state index in [9.17, 15) is 13.2 Å². The predicted octanol–water partition coefficient (Wildman–Crippen LogP) is 3.30. The smallest absolute Gasteiger partial charge is 0.337 e. The van der Waals surface area contributed by atoms with Crippen LogP contribution in [0, 0.1) is 6.92 Å². The fraction of sp³-hybridized carbons (Fsp3) is 0.154. The van der Waals surface area contributed by atoms with E-state index in [0.717, 1.165) is 11.3 Å². The zero-order valence-electron chi connectivity index (χ0n) is 11.2. The van der Waals surface area contributed by atoms with Crippen molar-refractivity contribution in [3.63, 3.8) is 0 Å². The minimum atomic E-state index is -3.73. The predicted molar refractivity (Wildman–Crippen MR) is 82.7 cm³/mol. The number of methoxy groups -OCH3 is 1. The van der Waals surface area contributed by atoms with Gasteiger partial charge in [-0.3, -0.25) is 4.72 Å². The Kier molecular flexibility index (Phi) is 4.55. The number of benzene rings is 1. The van der Waals surface area contributed by atoms with Crippen LogP contribution in [0.3, 0.4) is 0 Å². The molecule has 21 heavy (non-hydrogen) atoms. The van der Waals surface area contributed by atoms with Crippen molar-refractivity contribution in [2.45, 2.75) is 11.1 Å². The van der Waals surface area contributed by atoms with E-state index in [0.29, 0.717) is 15.6 Å². The fourth-order valence-corrected chi connectivity index (χ4v) is 4.22. The molecule has 0 atom stereocenters. The van der Waals surface area contributed by atoms with E-state index < -0.39 is 16.0 Å². The number of halogens is 1. The zero-order chi connectivity index (χ0) is 15.6. The van der Waals surface area contributed by atoms with Crippen molar-refractivity contribution in [1.29, 1.82) is 0 Å². The Hall–Kier alpha value is -1.57. The van der Waals surface area contributed by atoms with Crippen molar-refractivity contribution in [1.82, 2.24) is 0 Å². The number of rotatable bonds is 4. The van der Waals surface area contributed by atoms with Gasteiger partial charge in [-0.1, -0.05) is 17.7 Å². The zero-order valence-corrected chi connectivity index (χ0v) is 13.6. The summed E-state index contributed by atoms with van der Waals surface area (Å²) in [5.41, 5.74) is 1.28. The highest BCUT2D eigenvalue weighted by molar-refractivity contribution is 7.94. The van der Waals surface area contributed by atoms with Crippen LogP contribution in [-0.2, 0) is 14.8 Å². The molecule has 0 spiro atoms. The maximum Gasteiger partial charge on any atom is 0.337 e. The lowest BCUT2D eigenvalue weighted by Gasteiger charge is -2.10. The lowest BCUT2D eigenvalue weighted by atomic mass is 10.1. The highest BCUT2D eigenvalue weighted by Gasteiger charge is 2.18. The van der Waals surface area contributed by atoms with Gasteiger partial charge in [-0.15, -0.1) is 11.3 Å². The quantitative estimate of drug-likeness (QED) is 0.863. The molecule has 8 heteroatoms. The van der Waals surface area contributed by atoms with Crippen LogP contribution in [0.5, 0.6) is 0 Å². The van der Waals surface area contributed by atoms with Gasteiger partial charge < -0.3 is 4.74 Å². The lowest BCUT2D eigenvalue weighted by Crippen LogP contribution is -2.13. The second-order valence-corrected chi connectivity index (χ2v) is 7.81. The molecule has 2 rings (SSSR count). The van der Waals surface area contributed by atoms with Crippen LogP contribution in [0.15, 0.2) is 34.5 Å². The molecule has 0 amide bonds. The van der Waals surface area contributed by atoms with Crippen molar-refractivity contribution in [3.05, 3.63) is 45.8 Å². The van der Waals surface area contributed by atoms with E-state index in [1.165, 1.54) is 25.3 Å². The van der Waals surface area contributed by atoms with E-state index in [1.807, 2.05) is 0 Å². The maximum atomic E-state index is 12.2. The van der Waals surface area contributed by atoms with Gasteiger partial charge in [-0.25, -0.2) is 13.2 Å². The van der Waals surface area contributed by atoms with Crippen LogP contribution < -0.4 is 4.72 Å². The number of hydrogen-bond donors (Lipinski definition) is 1. The highest BCUT2D eigenvalue weighted by Crippen LogP contribution is 2.28. The summed E-state index contributed by atoms with van der Waals surface area (Å²) in [6, 6.07) is 7.59. The number of sulfonamides is 1. The number of carbonyl (C=O) groups excluding carboxylic acids is 1. The molecule has 0 radical (unpaired) electrons. The SMILES string of the molecule is COC(=O)c1ccc(C)c(NS(=O)(=O)c2ccc(Cl)s2)c1. The number of thiophene rings is 1. The second kappa shape index (κ2) is 6.05. The number of esters is 1.